The van der Waals surface area contributed by atoms with E-state index in [1.807, 2.05) is 0 Å². The number of benzene rings is 9. The fourth-order valence-electron chi connectivity index (χ4n) is 9.25. The van der Waals surface area contributed by atoms with Crippen molar-refractivity contribution in [3.05, 3.63) is 191 Å². The maximum Gasteiger partial charge on any atom is 0.142 e. The Labute approximate surface area is 349 Å². The van der Waals surface area contributed by atoms with E-state index in [1.165, 1.54) is 38.6 Å². The molecule has 60 heavy (non-hydrogen) atoms. The molecule has 0 aliphatic rings. The highest BCUT2D eigenvalue weighted by molar-refractivity contribution is 6.22. The second-order valence-electron chi connectivity index (χ2n) is 16.6. The Morgan fingerprint density at radius 2 is 0.717 bits per heavy atom. The Balaban J connectivity index is 1.04. The zero-order valence-electron chi connectivity index (χ0n) is 34.7. The van der Waals surface area contributed by atoms with Gasteiger partial charge in [0.1, 0.15) is 22.3 Å². The van der Waals surface area contributed by atoms with Crippen LogP contribution < -0.4 is 9.80 Å². The summed E-state index contributed by atoms with van der Waals surface area (Å²) in [6, 6.07) is 57.4. The van der Waals surface area contributed by atoms with Gasteiger partial charge in [-0.25, -0.2) is 0 Å². The van der Waals surface area contributed by atoms with Crippen LogP contribution in [0.4, 0.5) is 34.1 Å². The molecule has 4 nitrogen and oxygen atoms in total. The van der Waals surface area contributed by atoms with Gasteiger partial charge in [0, 0.05) is 61.2 Å². The number of anilines is 6. The minimum Gasteiger partial charge on any atom is -0.456 e. The third-order valence-electron chi connectivity index (χ3n) is 12.3. The molecule has 11 aromatic rings. The summed E-state index contributed by atoms with van der Waals surface area (Å²) < 4.78 is 13.6. The van der Waals surface area contributed by atoms with Crippen molar-refractivity contribution in [1.29, 1.82) is 0 Å². The summed E-state index contributed by atoms with van der Waals surface area (Å²) in [6.45, 7) is 12.9. The number of rotatable bonds is 6. The van der Waals surface area contributed by atoms with Gasteiger partial charge in [-0.2, -0.15) is 0 Å². The maximum absolute atomic E-state index is 6.81. The van der Waals surface area contributed by atoms with Crippen molar-refractivity contribution >= 4 is 99.5 Å². The molecule has 0 atom stereocenters. The Hall–Kier alpha value is -7.30. The maximum atomic E-state index is 6.81. The lowest BCUT2D eigenvalue weighted by atomic mass is 9.96. The summed E-state index contributed by atoms with van der Waals surface area (Å²) in [6.07, 6.45) is 0. The lowest BCUT2D eigenvalue weighted by Crippen LogP contribution is -2.10. The van der Waals surface area contributed by atoms with Crippen molar-refractivity contribution in [3.8, 4) is 0 Å². The van der Waals surface area contributed by atoms with E-state index in [0.717, 1.165) is 94.3 Å². The molecule has 0 bridgehead atoms. The van der Waals surface area contributed by atoms with E-state index >= 15 is 0 Å². The van der Waals surface area contributed by atoms with Crippen molar-refractivity contribution in [2.75, 3.05) is 9.80 Å². The minimum absolute atomic E-state index is 0.875. The molecular formula is C56H44N2O2. The first kappa shape index (κ1) is 35.8. The topological polar surface area (TPSA) is 32.8 Å². The zero-order valence-corrected chi connectivity index (χ0v) is 34.7. The normalized spacial score (nSPS) is 11.8. The average molecular weight is 777 g/mol. The summed E-state index contributed by atoms with van der Waals surface area (Å²) in [7, 11) is 0. The largest absolute Gasteiger partial charge is 0.456 e. The van der Waals surface area contributed by atoms with Crippen LogP contribution in [0.15, 0.2) is 167 Å². The molecule has 0 fully saturated rings. The first-order valence-electron chi connectivity index (χ1n) is 20.7. The van der Waals surface area contributed by atoms with Gasteiger partial charge >= 0.3 is 0 Å². The summed E-state index contributed by atoms with van der Waals surface area (Å²) >= 11 is 0. The quantitative estimate of drug-likeness (QED) is 0.168. The molecule has 0 aliphatic heterocycles. The summed E-state index contributed by atoms with van der Waals surface area (Å²) in [4.78, 5) is 4.66. The number of fused-ring (bicyclic) bond motifs is 8. The van der Waals surface area contributed by atoms with Gasteiger partial charge in [-0.1, -0.05) is 71.8 Å². The summed E-state index contributed by atoms with van der Waals surface area (Å²) in [5.41, 5.74) is 17.3. The number of hydrogen-bond acceptors (Lipinski definition) is 4. The lowest BCUT2D eigenvalue weighted by Gasteiger charge is -2.26. The average Bonchev–Trinajstić information content (AvgIpc) is 3.81. The number of furan rings is 2. The molecule has 11 rings (SSSR count). The fourth-order valence-corrected chi connectivity index (χ4v) is 9.25. The van der Waals surface area contributed by atoms with Crippen LogP contribution in [-0.4, -0.2) is 0 Å². The molecule has 0 radical (unpaired) electrons. The van der Waals surface area contributed by atoms with Gasteiger partial charge in [0.05, 0.1) is 0 Å². The highest BCUT2D eigenvalue weighted by Gasteiger charge is 2.23. The Bertz CT molecular complexity index is 3270. The predicted molar refractivity (Wildman–Crippen MR) is 254 cm³/mol. The van der Waals surface area contributed by atoms with Crippen molar-refractivity contribution in [1.82, 2.24) is 0 Å². The highest BCUT2D eigenvalue weighted by Crippen LogP contribution is 2.46. The van der Waals surface area contributed by atoms with Gasteiger partial charge in [0.2, 0.25) is 0 Å². The van der Waals surface area contributed by atoms with Crippen LogP contribution in [0, 0.1) is 41.5 Å². The molecular weight excluding hydrogens is 733 g/mol. The molecule has 0 N–H and O–H groups in total. The highest BCUT2D eigenvalue weighted by atomic mass is 16.3. The molecule has 0 unspecified atom stereocenters. The van der Waals surface area contributed by atoms with E-state index < -0.39 is 0 Å². The van der Waals surface area contributed by atoms with Gasteiger partial charge in [-0.05, 0) is 177 Å². The van der Waals surface area contributed by atoms with Crippen molar-refractivity contribution in [3.63, 3.8) is 0 Å². The zero-order chi connectivity index (χ0) is 40.8. The van der Waals surface area contributed by atoms with Crippen LogP contribution in [0.3, 0.4) is 0 Å². The molecule has 290 valence electrons. The van der Waals surface area contributed by atoms with Crippen LogP contribution in [0.5, 0.6) is 0 Å². The van der Waals surface area contributed by atoms with Crippen molar-refractivity contribution in [2.45, 2.75) is 41.5 Å². The van der Waals surface area contributed by atoms with Crippen molar-refractivity contribution in [2.24, 2.45) is 0 Å². The molecule has 0 amide bonds. The Morgan fingerprint density at radius 3 is 1.13 bits per heavy atom. The molecule has 9 aromatic carbocycles. The molecule has 2 heterocycles. The molecule has 0 spiro atoms. The first-order chi connectivity index (χ1) is 29.2. The molecule has 0 aliphatic carbocycles. The number of nitrogens with zero attached hydrogens (tertiary/aromatic N) is 2. The van der Waals surface area contributed by atoms with Crippen molar-refractivity contribution < 1.29 is 8.83 Å². The third kappa shape index (κ3) is 5.82. The van der Waals surface area contributed by atoms with E-state index in [-0.39, 0.29) is 0 Å². The van der Waals surface area contributed by atoms with E-state index in [4.69, 9.17) is 8.83 Å². The van der Waals surface area contributed by atoms with Gasteiger partial charge in [-0.15, -0.1) is 0 Å². The first-order valence-corrected chi connectivity index (χ1v) is 20.7. The summed E-state index contributed by atoms with van der Waals surface area (Å²) in [5.74, 6) is 0. The predicted octanol–water partition coefficient (Wildman–Crippen LogP) is 16.6. The lowest BCUT2D eigenvalue weighted by molar-refractivity contribution is 0.651. The third-order valence-corrected chi connectivity index (χ3v) is 12.3. The SMILES string of the molecule is Cc1ccc(N(c2cccc(C)c2)c2ccc3cc4c(cc3c2)oc2c(C)c3oc5cc6cc(N(c7ccc(C)cc7)c7cccc(C)c7)ccc6cc5c3c(C)c24)cc1. The van der Waals surface area contributed by atoms with Gasteiger partial charge in [0.25, 0.3) is 0 Å². The summed E-state index contributed by atoms with van der Waals surface area (Å²) in [5, 5.41) is 9.12. The standard InChI is InChI=1S/C56H44N2O2/c1-33-13-19-43(20-14-33)57(45-11-7-9-35(3)25-45)47-23-17-39-29-49-51(31-41(39)27-47)59-55-38(6)56-54(37(5)53(49)55)50-30-40-18-24-48(28-42(40)32-52(50)60-56)58(44-21-15-34(2)16-22-44)46-12-8-10-36(4)26-46/h7-32H,1-6H3. The van der Waals surface area contributed by atoms with Crippen LogP contribution in [-0.2, 0) is 0 Å². The number of hydrogen-bond donors (Lipinski definition) is 0. The second-order valence-corrected chi connectivity index (χ2v) is 16.6. The van der Waals surface area contributed by atoms with E-state index in [2.05, 4.69) is 209 Å². The molecule has 2 aromatic heterocycles. The van der Waals surface area contributed by atoms with E-state index in [1.54, 1.807) is 0 Å². The van der Waals surface area contributed by atoms with Crippen LogP contribution >= 0.6 is 0 Å². The van der Waals surface area contributed by atoms with E-state index in [9.17, 15) is 0 Å². The monoisotopic (exact) mass is 776 g/mol. The van der Waals surface area contributed by atoms with Crippen LogP contribution in [0.25, 0.3) is 65.4 Å². The van der Waals surface area contributed by atoms with Crippen LogP contribution in [0.1, 0.15) is 33.4 Å². The molecule has 4 heteroatoms. The van der Waals surface area contributed by atoms with E-state index in [0.29, 0.717) is 0 Å². The van der Waals surface area contributed by atoms with Gasteiger partial charge in [0.15, 0.2) is 0 Å². The second kappa shape index (κ2) is 13.6. The minimum atomic E-state index is 0.875. The van der Waals surface area contributed by atoms with Crippen LogP contribution in [0.2, 0.25) is 0 Å². The Morgan fingerprint density at radius 1 is 0.317 bits per heavy atom. The number of aryl methyl sites for hydroxylation is 6. The van der Waals surface area contributed by atoms with Gasteiger partial charge < -0.3 is 18.6 Å². The van der Waals surface area contributed by atoms with Gasteiger partial charge in [-0.3, -0.25) is 0 Å². The fraction of sp³-hybridized carbons (Fsp3) is 0.107. The smallest absolute Gasteiger partial charge is 0.142 e. The molecule has 0 saturated carbocycles. The Kier molecular flexibility index (Phi) is 8.15. The molecule has 0 saturated heterocycles.